The number of halogens is 1. The van der Waals surface area contributed by atoms with Crippen LogP contribution in [0, 0.1) is 5.41 Å². The molecule has 5 heteroatoms. The molecule has 1 amide bonds. The average molecular weight is 268 g/mol. The molecule has 18 heavy (non-hydrogen) atoms. The Balaban J connectivity index is 2.07. The molecule has 0 spiro atoms. The summed E-state index contributed by atoms with van der Waals surface area (Å²) < 4.78 is 0. The van der Waals surface area contributed by atoms with Gasteiger partial charge in [0.25, 0.3) is 0 Å². The van der Waals surface area contributed by atoms with Gasteiger partial charge in [0.05, 0.1) is 6.04 Å². The fraction of sp³-hybridized carbons (Fsp3) is 0.538. The smallest absolute Gasteiger partial charge is 0.242 e. The highest BCUT2D eigenvalue weighted by Crippen LogP contribution is 2.30. The van der Waals surface area contributed by atoms with E-state index in [1.165, 1.54) is 0 Å². The maximum absolute atomic E-state index is 12.3. The lowest BCUT2D eigenvalue weighted by Crippen LogP contribution is -2.53. The van der Waals surface area contributed by atoms with E-state index in [-0.39, 0.29) is 17.4 Å². The topological polar surface area (TPSA) is 54.0 Å². The van der Waals surface area contributed by atoms with Gasteiger partial charge in [-0.3, -0.25) is 4.79 Å². The van der Waals surface area contributed by atoms with Crippen LogP contribution in [0.25, 0.3) is 0 Å². The molecule has 0 aromatic carbocycles. The molecule has 2 N–H and O–H groups in total. The minimum absolute atomic E-state index is 0.0121. The fourth-order valence-corrected chi connectivity index (χ4v) is 2.53. The zero-order valence-electron chi connectivity index (χ0n) is 10.7. The van der Waals surface area contributed by atoms with E-state index in [9.17, 15) is 4.79 Å². The molecule has 0 radical (unpaired) electrons. The van der Waals surface area contributed by atoms with Gasteiger partial charge < -0.3 is 10.6 Å². The van der Waals surface area contributed by atoms with Crippen molar-refractivity contribution < 1.29 is 4.79 Å². The van der Waals surface area contributed by atoms with Crippen LogP contribution in [0.1, 0.15) is 26.7 Å². The SMILES string of the molecule is CC1(C)CCCNC1C(=O)Nc1ccnc(Cl)c1. The molecule has 2 rings (SSSR count). The monoisotopic (exact) mass is 267 g/mol. The Bertz CT molecular complexity index is 448. The Kier molecular flexibility index (Phi) is 3.88. The summed E-state index contributed by atoms with van der Waals surface area (Å²) in [5.41, 5.74) is 0.655. The number of nitrogens with one attached hydrogen (secondary N) is 2. The van der Waals surface area contributed by atoms with E-state index in [0.717, 1.165) is 19.4 Å². The Morgan fingerprint density at radius 2 is 2.39 bits per heavy atom. The third kappa shape index (κ3) is 3.00. The van der Waals surface area contributed by atoms with Crippen molar-refractivity contribution in [1.29, 1.82) is 0 Å². The number of aromatic nitrogens is 1. The van der Waals surface area contributed by atoms with E-state index in [0.29, 0.717) is 10.8 Å². The average Bonchev–Trinajstić information content (AvgIpc) is 2.28. The summed E-state index contributed by atoms with van der Waals surface area (Å²) >= 11 is 5.79. The number of amides is 1. The molecule has 1 aliphatic rings. The lowest BCUT2D eigenvalue weighted by Gasteiger charge is -2.38. The molecule has 0 bridgehead atoms. The van der Waals surface area contributed by atoms with Crippen molar-refractivity contribution in [1.82, 2.24) is 10.3 Å². The first-order chi connectivity index (χ1) is 8.49. The Hall–Kier alpha value is -1.13. The van der Waals surface area contributed by atoms with Crippen LogP contribution in [0.5, 0.6) is 0 Å². The summed E-state index contributed by atoms with van der Waals surface area (Å²) in [6, 6.07) is 3.22. The maximum atomic E-state index is 12.3. The number of piperidine rings is 1. The summed E-state index contributed by atoms with van der Waals surface area (Å²) in [5, 5.41) is 6.54. The van der Waals surface area contributed by atoms with Gasteiger partial charge >= 0.3 is 0 Å². The molecule has 1 fully saturated rings. The van der Waals surface area contributed by atoms with Crippen LogP contribution in [-0.4, -0.2) is 23.5 Å². The summed E-state index contributed by atoms with van der Waals surface area (Å²) in [5.74, 6) is -0.0121. The van der Waals surface area contributed by atoms with Crippen LogP contribution in [0.4, 0.5) is 5.69 Å². The molecule has 1 aromatic rings. The first-order valence-electron chi connectivity index (χ1n) is 6.15. The van der Waals surface area contributed by atoms with Gasteiger partial charge in [0.1, 0.15) is 5.15 Å². The molecule has 4 nitrogen and oxygen atoms in total. The zero-order valence-corrected chi connectivity index (χ0v) is 11.4. The fourth-order valence-electron chi connectivity index (χ4n) is 2.35. The van der Waals surface area contributed by atoms with E-state index in [1.807, 2.05) is 0 Å². The van der Waals surface area contributed by atoms with Crippen molar-refractivity contribution in [2.75, 3.05) is 11.9 Å². The largest absolute Gasteiger partial charge is 0.325 e. The maximum Gasteiger partial charge on any atom is 0.242 e. The van der Waals surface area contributed by atoms with Gasteiger partial charge in [-0.15, -0.1) is 0 Å². The van der Waals surface area contributed by atoms with Crippen LogP contribution in [0.15, 0.2) is 18.3 Å². The third-order valence-corrected chi connectivity index (χ3v) is 3.59. The first-order valence-corrected chi connectivity index (χ1v) is 6.53. The molecule has 98 valence electrons. The number of pyridine rings is 1. The lowest BCUT2D eigenvalue weighted by atomic mass is 9.77. The number of hydrogen-bond donors (Lipinski definition) is 2. The summed E-state index contributed by atoms with van der Waals surface area (Å²) in [4.78, 5) is 16.1. The van der Waals surface area contributed by atoms with Crippen LogP contribution in [-0.2, 0) is 4.79 Å². The van der Waals surface area contributed by atoms with Crippen molar-refractivity contribution in [2.24, 2.45) is 5.41 Å². The highest BCUT2D eigenvalue weighted by molar-refractivity contribution is 6.29. The van der Waals surface area contributed by atoms with Crippen molar-refractivity contribution in [2.45, 2.75) is 32.7 Å². The molecule has 0 saturated carbocycles. The van der Waals surface area contributed by atoms with Crippen LogP contribution in [0.3, 0.4) is 0 Å². The highest BCUT2D eigenvalue weighted by atomic mass is 35.5. The van der Waals surface area contributed by atoms with E-state index < -0.39 is 0 Å². The molecule has 1 aromatic heterocycles. The second-order valence-electron chi connectivity index (χ2n) is 5.34. The molecular formula is C13H18ClN3O. The van der Waals surface area contributed by atoms with Gasteiger partial charge in [0, 0.05) is 11.9 Å². The van der Waals surface area contributed by atoms with Gasteiger partial charge in [-0.1, -0.05) is 25.4 Å². The quantitative estimate of drug-likeness (QED) is 0.810. The molecular weight excluding hydrogens is 250 g/mol. The van der Waals surface area contributed by atoms with Gasteiger partial charge in [-0.2, -0.15) is 0 Å². The number of anilines is 1. The molecule has 1 unspecified atom stereocenters. The predicted octanol–water partition coefficient (Wildman–Crippen LogP) is 2.45. The standard InChI is InChI=1S/C13H18ClN3O/c1-13(2)5-3-6-16-11(13)12(18)17-9-4-7-15-10(14)8-9/h4,7-8,11,16H,3,5-6H2,1-2H3,(H,15,17,18). The Morgan fingerprint density at radius 1 is 1.61 bits per heavy atom. The molecule has 1 aliphatic heterocycles. The van der Waals surface area contributed by atoms with Crippen molar-refractivity contribution in [3.63, 3.8) is 0 Å². The van der Waals surface area contributed by atoms with E-state index in [4.69, 9.17) is 11.6 Å². The summed E-state index contributed by atoms with van der Waals surface area (Å²) in [6.45, 7) is 5.12. The second kappa shape index (κ2) is 5.24. The molecule has 1 saturated heterocycles. The normalized spacial score (nSPS) is 22.5. The van der Waals surface area contributed by atoms with Gasteiger partial charge in [-0.25, -0.2) is 4.98 Å². The number of rotatable bonds is 2. The third-order valence-electron chi connectivity index (χ3n) is 3.38. The number of carbonyl (C=O) groups excluding carboxylic acids is 1. The van der Waals surface area contributed by atoms with Crippen molar-refractivity contribution >= 4 is 23.2 Å². The van der Waals surface area contributed by atoms with Crippen molar-refractivity contribution in [3.8, 4) is 0 Å². The lowest BCUT2D eigenvalue weighted by molar-refractivity contribution is -0.121. The Morgan fingerprint density at radius 3 is 3.06 bits per heavy atom. The van der Waals surface area contributed by atoms with Crippen LogP contribution in [0.2, 0.25) is 5.15 Å². The van der Waals surface area contributed by atoms with Crippen molar-refractivity contribution in [3.05, 3.63) is 23.5 Å². The number of hydrogen-bond acceptors (Lipinski definition) is 3. The highest BCUT2D eigenvalue weighted by Gasteiger charge is 2.36. The van der Waals surface area contributed by atoms with Gasteiger partial charge in [0.2, 0.25) is 5.91 Å². The molecule has 2 heterocycles. The van der Waals surface area contributed by atoms with Gasteiger partial charge in [0.15, 0.2) is 0 Å². The van der Waals surface area contributed by atoms with Crippen LogP contribution >= 0.6 is 11.6 Å². The summed E-state index contributed by atoms with van der Waals surface area (Å²) in [6.07, 6.45) is 3.74. The van der Waals surface area contributed by atoms with E-state index in [1.54, 1.807) is 18.3 Å². The summed E-state index contributed by atoms with van der Waals surface area (Å²) in [7, 11) is 0. The van der Waals surface area contributed by atoms with E-state index >= 15 is 0 Å². The zero-order chi connectivity index (χ0) is 13.2. The Labute approximate surface area is 112 Å². The molecule has 0 aliphatic carbocycles. The minimum Gasteiger partial charge on any atom is -0.325 e. The first kappa shape index (κ1) is 13.3. The number of nitrogens with zero attached hydrogens (tertiary/aromatic N) is 1. The number of carbonyl (C=O) groups is 1. The molecule has 1 atom stereocenters. The van der Waals surface area contributed by atoms with Crippen LogP contribution < -0.4 is 10.6 Å². The minimum atomic E-state index is -0.168. The van der Waals surface area contributed by atoms with E-state index in [2.05, 4.69) is 29.5 Å². The van der Waals surface area contributed by atoms with Gasteiger partial charge in [-0.05, 0) is 36.9 Å². The second-order valence-corrected chi connectivity index (χ2v) is 5.72. The predicted molar refractivity (Wildman–Crippen MR) is 72.7 cm³/mol.